The number of para-hydroxylation sites is 1. The Hall–Kier alpha value is -1.89. The van der Waals surface area contributed by atoms with Crippen LogP contribution in [0.25, 0.3) is 0 Å². The van der Waals surface area contributed by atoms with Crippen molar-refractivity contribution >= 4 is 33.2 Å². The van der Waals surface area contributed by atoms with Crippen molar-refractivity contribution in [3.05, 3.63) is 59.1 Å². The number of hydrogen-bond donors (Lipinski definition) is 0. The van der Waals surface area contributed by atoms with E-state index in [0.717, 1.165) is 4.31 Å². The SMILES string of the molecule is CN(C(=O)c1cc(S(=O)(=O)N(C)C)ccc1Cl)c1ccccc1. The van der Waals surface area contributed by atoms with Crippen molar-refractivity contribution < 1.29 is 13.2 Å². The summed E-state index contributed by atoms with van der Waals surface area (Å²) >= 11 is 6.10. The van der Waals surface area contributed by atoms with Gasteiger partial charge in [0.05, 0.1) is 15.5 Å². The van der Waals surface area contributed by atoms with Gasteiger partial charge in [0.2, 0.25) is 10.0 Å². The van der Waals surface area contributed by atoms with Gasteiger partial charge in [-0.2, -0.15) is 0 Å². The Labute approximate surface area is 141 Å². The summed E-state index contributed by atoms with van der Waals surface area (Å²) < 4.78 is 25.5. The third-order valence-corrected chi connectivity index (χ3v) is 5.54. The quantitative estimate of drug-likeness (QED) is 0.850. The average molecular weight is 353 g/mol. The number of nitrogens with zero attached hydrogens (tertiary/aromatic N) is 2. The molecule has 0 aliphatic carbocycles. The van der Waals surface area contributed by atoms with Gasteiger partial charge < -0.3 is 4.90 Å². The lowest BCUT2D eigenvalue weighted by atomic mass is 10.2. The number of carbonyl (C=O) groups is 1. The van der Waals surface area contributed by atoms with Crippen LogP contribution in [0.15, 0.2) is 53.4 Å². The minimum absolute atomic E-state index is 0.0247. The molecule has 2 rings (SSSR count). The summed E-state index contributed by atoms with van der Waals surface area (Å²) in [4.78, 5) is 14.1. The van der Waals surface area contributed by atoms with Crippen molar-refractivity contribution in [1.82, 2.24) is 4.31 Å². The largest absolute Gasteiger partial charge is 0.311 e. The van der Waals surface area contributed by atoms with E-state index >= 15 is 0 Å². The molecule has 122 valence electrons. The van der Waals surface area contributed by atoms with Crippen LogP contribution in [0.2, 0.25) is 5.02 Å². The molecule has 0 saturated heterocycles. The molecule has 0 bridgehead atoms. The Morgan fingerprint density at radius 2 is 1.61 bits per heavy atom. The van der Waals surface area contributed by atoms with Gasteiger partial charge in [-0.25, -0.2) is 12.7 Å². The molecule has 0 heterocycles. The molecule has 0 aromatic heterocycles. The van der Waals surface area contributed by atoms with Crippen molar-refractivity contribution in [2.24, 2.45) is 0 Å². The molecule has 0 radical (unpaired) electrons. The first-order chi connectivity index (χ1) is 10.7. The number of rotatable bonds is 4. The highest BCUT2D eigenvalue weighted by molar-refractivity contribution is 7.89. The highest BCUT2D eigenvalue weighted by atomic mass is 35.5. The fourth-order valence-corrected chi connectivity index (χ4v) is 3.12. The van der Waals surface area contributed by atoms with Crippen LogP contribution in [0, 0.1) is 0 Å². The fraction of sp³-hybridized carbons (Fsp3) is 0.188. The second-order valence-corrected chi connectivity index (χ2v) is 7.69. The van der Waals surface area contributed by atoms with Gasteiger partial charge in [-0.15, -0.1) is 0 Å². The van der Waals surface area contributed by atoms with Gasteiger partial charge in [-0.1, -0.05) is 29.8 Å². The minimum Gasteiger partial charge on any atom is -0.311 e. The maximum Gasteiger partial charge on any atom is 0.259 e. The number of anilines is 1. The van der Waals surface area contributed by atoms with Gasteiger partial charge in [0.15, 0.2) is 0 Å². The second kappa shape index (κ2) is 6.70. The van der Waals surface area contributed by atoms with Crippen molar-refractivity contribution in [2.45, 2.75) is 4.90 Å². The van der Waals surface area contributed by atoms with E-state index in [1.54, 1.807) is 19.2 Å². The highest BCUT2D eigenvalue weighted by Crippen LogP contribution is 2.25. The molecule has 0 atom stereocenters. The summed E-state index contributed by atoms with van der Waals surface area (Å²) in [5.41, 5.74) is 0.829. The van der Waals surface area contributed by atoms with E-state index < -0.39 is 10.0 Å². The molecule has 2 aromatic rings. The first-order valence-electron chi connectivity index (χ1n) is 6.80. The molecule has 5 nitrogen and oxygen atoms in total. The molecule has 0 unspecified atom stereocenters. The number of halogens is 1. The average Bonchev–Trinajstić information content (AvgIpc) is 2.54. The first kappa shape index (κ1) is 17.5. The van der Waals surface area contributed by atoms with Crippen molar-refractivity contribution in [2.75, 3.05) is 26.0 Å². The fourth-order valence-electron chi connectivity index (χ4n) is 1.99. The van der Waals surface area contributed by atoms with Crippen LogP contribution >= 0.6 is 11.6 Å². The molecular formula is C16H17ClN2O3S. The van der Waals surface area contributed by atoms with Gasteiger partial charge >= 0.3 is 0 Å². The number of amides is 1. The molecule has 0 N–H and O–H groups in total. The predicted octanol–water partition coefficient (Wildman–Crippen LogP) is 2.87. The maximum atomic E-state index is 12.6. The summed E-state index contributed by atoms with van der Waals surface area (Å²) in [5.74, 6) is -0.378. The third-order valence-electron chi connectivity index (χ3n) is 3.39. The monoisotopic (exact) mass is 352 g/mol. The molecule has 0 fully saturated rings. The Kier molecular flexibility index (Phi) is 5.09. The number of sulfonamides is 1. The first-order valence-corrected chi connectivity index (χ1v) is 8.62. The van der Waals surface area contributed by atoms with Gasteiger partial charge in [0.1, 0.15) is 0 Å². The van der Waals surface area contributed by atoms with Gasteiger partial charge in [0, 0.05) is 26.8 Å². The molecule has 0 saturated carbocycles. The van der Waals surface area contributed by atoms with Gasteiger partial charge in [-0.3, -0.25) is 4.79 Å². The molecule has 2 aromatic carbocycles. The third kappa shape index (κ3) is 3.55. The number of carbonyl (C=O) groups excluding carboxylic acids is 1. The molecule has 1 amide bonds. The lowest BCUT2D eigenvalue weighted by molar-refractivity contribution is 0.0993. The molecule has 23 heavy (non-hydrogen) atoms. The van der Waals surface area contributed by atoms with Crippen LogP contribution in [0.3, 0.4) is 0 Å². The lowest BCUT2D eigenvalue weighted by Gasteiger charge is -2.19. The maximum absolute atomic E-state index is 12.6. The lowest BCUT2D eigenvalue weighted by Crippen LogP contribution is -2.27. The van der Waals surface area contributed by atoms with E-state index in [4.69, 9.17) is 11.6 Å². The normalized spacial score (nSPS) is 11.5. The van der Waals surface area contributed by atoms with E-state index in [-0.39, 0.29) is 21.4 Å². The van der Waals surface area contributed by atoms with E-state index in [0.29, 0.717) is 5.69 Å². The summed E-state index contributed by atoms with van der Waals surface area (Å²) in [6.07, 6.45) is 0. The van der Waals surface area contributed by atoms with Crippen LogP contribution in [0.5, 0.6) is 0 Å². The van der Waals surface area contributed by atoms with Crippen LogP contribution in [0.4, 0.5) is 5.69 Å². The van der Waals surface area contributed by atoms with E-state index in [1.165, 1.54) is 37.2 Å². The number of hydrogen-bond acceptors (Lipinski definition) is 3. The van der Waals surface area contributed by atoms with Crippen LogP contribution in [0.1, 0.15) is 10.4 Å². The smallest absolute Gasteiger partial charge is 0.259 e. The zero-order valence-corrected chi connectivity index (χ0v) is 14.6. The summed E-state index contributed by atoms with van der Waals surface area (Å²) in [5, 5.41) is 0.204. The van der Waals surface area contributed by atoms with Gasteiger partial charge in [-0.05, 0) is 30.3 Å². The topological polar surface area (TPSA) is 57.7 Å². The molecule has 0 aliphatic rings. The Morgan fingerprint density at radius 1 is 1.00 bits per heavy atom. The number of benzene rings is 2. The van der Waals surface area contributed by atoms with E-state index in [9.17, 15) is 13.2 Å². The Bertz CT molecular complexity index is 820. The van der Waals surface area contributed by atoms with Crippen molar-refractivity contribution in [1.29, 1.82) is 0 Å². The zero-order chi connectivity index (χ0) is 17.2. The molecule has 0 spiro atoms. The van der Waals surface area contributed by atoms with Crippen molar-refractivity contribution in [3.8, 4) is 0 Å². The standard InChI is InChI=1S/C16H17ClN2O3S/c1-18(2)23(21,22)13-9-10-15(17)14(11-13)16(20)19(3)12-7-5-4-6-8-12/h4-11H,1-3H3. The van der Waals surface area contributed by atoms with Crippen LogP contribution in [-0.4, -0.2) is 39.8 Å². The Morgan fingerprint density at radius 3 is 2.17 bits per heavy atom. The highest BCUT2D eigenvalue weighted by Gasteiger charge is 2.22. The molecule has 7 heteroatoms. The van der Waals surface area contributed by atoms with Crippen LogP contribution < -0.4 is 4.90 Å². The van der Waals surface area contributed by atoms with E-state index in [1.807, 2.05) is 18.2 Å². The Balaban J connectivity index is 2.45. The van der Waals surface area contributed by atoms with Gasteiger partial charge in [0.25, 0.3) is 5.91 Å². The van der Waals surface area contributed by atoms with Crippen LogP contribution in [-0.2, 0) is 10.0 Å². The predicted molar refractivity (Wildman–Crippen MR) is 91.5 cm³/mol. The molecular weight excluding hydrogens is 336 g/mol. The summed E-state index contributed by atoms with van der Waals surface area (Å²) in [6, 6.07) is 13.2. The van der Waals surface area contributed by atoms with Crippen molar-refractivity contribution in [3.63, 3.8) is 0 Å². The molecule has 0 aliphatic heterocycles. The van der Waals surface area contributed by atoms with E-state index in [2.05, 4.69) is 0 Å². The summed E-state index contributed by atoms with van der Waals surface area (Å²) in [6.45, 7) is 0. The minimum atomic E-state index is -3.64. The summed E-state index contributed by atoms with van der Waals surface area (Å²) in [7, 11) is 0.840. The second-order valence-electron chi connectivity index (χ2n) is 5.13. The zero-order valence-electron chi connectivity index (χ0n) is 13.0.